The van der Waals surface area contributed by atoms with Crippen molar-refractivity contribution in [2.75, 3.05) is 7.05 Å². The summed E-state index contributed by atoms with van der Waals surface area (Å²) in [6.45, 7) is 1.63. The summed E-state index contributed by atoms with van der Waals surface area (Å²) in [6.07, 6.45) is -0.243. The van der Waals surface area contributed by atoms with Gasteiger partial charge in [0.05, 0.1) is 10.7 Å². The van der Waals surface area contributed by atoms with E-state index in [-0.39, 0.29) is 34.0 Å². The minimum atomic E-state index is -1.14. The summed E-state index contributed by atoms with van der Waals surface area (Å²) in [4.78, 5) is 28.7. The standard InChI is InChI=1S/C18H14ClF2N3O2/c1-9-6-7-13-23-12(8-10-4-3-5-11(19)14(10)20)15(21)18(26)24(13)16(9)17(25)22-2/h3-7H,8H2,1-2H3,(H,22,25). The van der Waals surface area contributed by atoms with Gasteiger partial charge in [-0.3, -0.25) is 14.0 Å². The number of hydrogen-bond acceptors (Lipinski definition) is 3. The molecule has 0 atom stereocenters. The van der Waals surface area contributed by atoms with Crippen molar-refractivity contribution in [1.82, 2.24) is 14.7 Å². The van der Waals surface area contributed by atoms with Crippen molar-refractivity contribution in [3.63, 3.8) is 0 Å². The number of nitrogens with one attached hydrogen (secondary N) is 1. The van der Waals surface area contributed by atoms with Crippen molar-refractivity contribution >= 4 is 23.2 Å². The monoisotopic (exact) mass is 377 g/mol. The Kier molecular flexibility index (Phi) is 4.73. The van der Waals surface area contributed by atoms with Crippen LogP contribution in [0.1, 0.15) is 27.3 Å². The fourth-order valence-electron chi connectivity index (χ4n) is 2.73. The van der Waals surface area contributed by atoms with E-state index < -0.39 is 23.1 Å². The molecule has 26 heavy (non-hydrogen) atoms. The van der Waals surface area contributed by atoms with Gasteiger partial charge in [-0.15, -0.1) is 0 Å². The van der Waals surface area contributed by atoms with Gasteiger partial charge in [-0.2, -0.15) is 4.39 Å². The van der Waals surface area contributed by atoms with Gasteiger partial charge in [-0.1, -0.05) is 29.8 Å². The molecule has 1 aromatic carbocycles. The van der Waals surface area contributed by atoms with Gasteiger partial charge in [0.15, 0.2) is 0 Å². The number of hydrogen-bond donors (Lipinski definition) is 1. The number of carbonyl (C=O) groups is 1. The Morgan fingerprint density at radius 2 is 1.96 bits per heavy atom. The molecule has 2 aromatic heterocycles. The zero-order valence-corrected chi connectivity index (χ0v) is 14.7. The number of aromatic nitrogens is 2. The van der Waals surface area contributed by atoms with Gasteiger partial charge in [0, 0.05) is 13.5 Å². The van der Waals surface area contributed by atoms with E-state index in [2.05, 4.69) is 10.3 Å². The highest BCUT2D eigenvalue weighted by molar-refractivity contribution is 6.30. The molecule has 3 rings (SSSR count). The summed E-state index contributed by atoms with van der Waals surface area (Å²) in [6, 6.07) is 7.45. The summed E-state index contributed by atoms with van der Waals surface area (Å²) in [5.41, 5.74) is -0.530. The van der Waals surface area contributed by atoms with E-state index in [1.54, 1.807) is 13.0 Å². The molecule has 0 unspecified atom stereocenters. The van der Waals surface area contributed by atoms with Crippen LogP contribution in [0.2, 0.25) is 5.02 Å². The largest absolute Gasteiger partial charge is 0.354 e. The van der Waals surface area contributed by atoms with Gasteiger partial charge < -0.3 is 5.32 Å². The Hall–Kier alpha value is -2.80. The summed E-state index contributed by atoms with van der Waals surface area (Å²) >= 11 is 5.74. The topological polar surface area (TPSA) is 63.5 Å². The fraction of sp³-hybridized carbons (Fsp3) is 0.167. The smallest absolute Gasteiger partial charge is 0.294 e. The van der Waals surface area contributed by atoms with Crippen molar-refractivity contribution in [1.29, 1.82) is 0 Å². The molecule has 134 valence electrons. The van der Waals surface area contributed by atoms with Gasteiger partial charge >= 0.3 is 0 Å². The minimum Gasteiger partial charge on any atom is -0.354 e. The minimum absolute atomic E-state index is 0.00175. The van der Waals surface area contributed by atoms with Crippen LogP contribution in [-0.2, 0) is 6.42 Å². The number of pyridine rings is 1. The molecular formula is C18H14ClF2N3O2. The van der Waals surface area contributed by atoms with Crippen molar-refractivity contribution in [3.8, 4) is 0 Å². The molecule has 0 aliphatic carbocycles. The van der Waals surface area contributed by atoms with Crippen LogP contribution in [-0.4, -0.2) is 22.3 Å². The van der Waals surface area contributed by atoms with Gasteiger partial charge in [-0.25, -0.2) is 9.37 Å². The van der Waals surface area contributed by atoms with Crippen molar-refractivity contribution in [2.24, 2.45) is 0 Å². The molecule has 0 aliphatic heterocycles. The number of benzene rings is 1. The zero-order chi connectivity index (χ0) is 19.0. The average Bonchev–Trinajstić information content (AvgIpc) is 2.63. The Labute approximate surface area is 152 Å². The third kappa shape index (κ3) is 2.94. The second-order valence-corrected chi connectivity index (χ2v) is 6.11. The maximum Gasteiger partial charge on any atom is 0.294 e. The van der Waals surface area contributed by atoms with Gasteiger partial charge in [-0.05, 0) is 30.2 Å². The number of aryl methyl sites for hydroxylation is 1. The Balaban J connectivity index is 2.23. The van der Waals surface area contributed by atoms with Crippen LogP contribution in [0.3, 0.4) is 0 Å². The molecule has 0 fully saturated rings. The number of halogens is 3. The van der Waals surface area contributed by atoms with Crippen LogP contribution in [0.25, 0.3) is 5.65 Å². The number of fused-ring (bicyclic) bond motifs is 1. The van der Waals surface area contributed by atoms with Crippen LogP contribution < -0.4 is 10.9 Å². The normalized spacial score (nSPS) is 11.0. The van der Waals surface area contributed by atoms with E-state index in [4.69, 9.17) is 11.6 Å². The lowest BCUT2D eigenvalue weighted by atomic mass is 10.1. The number of rotatable bonds is 3. The summed E-state index contributed by atoms with van der Waals surface area (Å²) in [5.74, 6) is -2.37. The fourth-order valence-corrected chi connectivity index (χ4v) is 2.92. The average molecular weight is 378 g/mol. The maximum absolute atomic E-state index is 14.6. The lowest BCUT2D eigenvalue weighted by molar-refractivity contribution is 0.0955. The highest BCUT2D eigenvalue weighted by Crippen LogP contribution is 2.21. The first-order valence-corrected chi connectivity index (χ1v) is 8.08. The summed E-state index contributed by atoms with van der Waals surface area (Å²) in [7, 11) is 1.41. The van der Waals surface area contributed by atoms with E-state index in [0.717, 1.165) is 4.40 Å². The van der Waals surface area contributed by atoms with Crippen molar-refractivity contribution < 1.29 is 13.6 Å². The second-order valence-electron chi connectivity index (χ2n) is 5.71. The number of amides is 1. The van der Waals surface area contributed by atoms with Crippen LogP contribution in [0.5, 0.6) is 0 Å². The SMILES string of the molecule is CNC(=O)c1c(C)ccc2nc(Cc3cccc(Cl)c3F)c(F)c(=O)n12. The lowest BCUT2D eigenvalue weighted by Gasteiger charge is -2.12. The first-order valence-electron chi connectivity index (χ1n) is 7.71. The van der Waals surface area contributed by atoms with E-state index in [1.807, 2.05) is 0 Å². The van der Waals surface area contributed by atoms with E-state index in [0.29, 0.717) is 5.56 Å². The molecule has 1 amide bonds. The van der Waals surface area contributed by atoms with Crippen LogP contribution in [0.4, 0.5) is 8.78 Å². The highest BCUT2D eigenvalue weighted by atomic mass is 35.5. The van der Waals surface area contributed by atoms with Crippen LogP contribution >= 0.6 is 11.6 Å². The quantitative estimate of drug-likeness (QED) is 0.763. The Morgan fingerprint density at radius 3 is 2.65 bits per heavy atom. The molecule has 3 aromatic rings. The maximum atomic E-state index is 14.6. The zero-order valence-electron chi connectivity index (χ0n) is 13.9. The molecule has 8 heteroatoms. The molecule has 2 heterocycles. The molecule has 5 nitrogen and oxygen atoms in total. The number of nitrogens with zero attached hydrogens (tertiary/aromatic N) is 2. The number of carbonyl (C=O) groups excluding carboxylic acids is 1. The molecular weight excluding hydrogens is 364 g/mol. The third-order valence-electron chi connectivity index (χ3n) is 4.03. The summed E-state index contributed by atoms with van der Waals surface area (Å²) < 4.78 is 29.6. The van der Waals surface area contributed by atoms with E-state index in [9.17, 15) is 18.4 Å². The Bertz CT molecular complexity index is 1100. The summed E-state index contributed by atoms with van der Waals surface area (Å²) in [5, 5.41) is 2.32. The van der Waals surface area contributed by atoms with Crippen LogP contribution in [0.15, 0.2) is 35.1 Å². The molecule has 0 radical (unpaired) electrons. The van der Waals surface area contributed by atoms with Gasteiger partial charge in [0.25, 0.3) is 11.5 Å². The third-order valence-corrected chi connectivity index (χ3v) is 4.33. The lowest BCUT2D eigenvalue weighted by Crippen LogP contribution is -2.30. The molecule has 0 spiro atoms. The molecule has 1 N–H and O–H groups in total. The van der Waals surface area contributed by atoms with Crippen LogP contribution in [0, 0.1) is 18.6 Å². The van der Waals surface area contributed by atoms with Crippen molar-refractivity contribution in [2.45, 2.75) is 13.3 Å². The molecule has 0 aliphatic rings. The Morgan fingerprint density at radius 1 is 1.23 bits per heavy atom. The van der Waals surface area contributed by atoms with Crippen molar-refractivity contribution in [3.05, 3.63) is 79.9 Å². The predicted octanol–water partition coefficient (Wildman–Crippen LogP) is 2.88. The predicted molar refractivity (Wildman–Crippen MR) is 93.8 cm³/mol. The van der Waals surface area contributed by atoms with Gasteiger partial charge in [0.1, 0.15) is 17.2 Å². The molecule has 0 saturated heterocycles. The first-order chi connectivity index (χ1) is 12.3. The van der Waals surface area contributed by atoms with E-state index in [1.165, 1.54) is 31.3 Å². The second kappa shape index (κ2) is 6.84. The van der Waals surface area contributed by atoms with Gasteiger partial charge in [0.2, 0.25) is 5.82 Å². The molecule has 0 saturated carbocycles. The van der Waals surface area contributed by atoms with E-state index >= 15 is 0 Å². The highest BCUT2D eigenvalue weighted by Gasteiger charge is 2.20. The first kappa shape index (κ1) is 18.0. The molecule has 0 bridgehead atoms.